The maximum absolute atomic E-state index is 11.5. The van der Waals surface area contributed by atoms with E-state index in [1.807, 2.05) is 6.92 Å². The Bertz CT molecular complexity index is 482. The summed E-state index contributed by atoms with van der Waals surface area (Å²) < 4.78 is 5.47. The number of hydrogen-bond acceptors (Lipinski definition) is 4. The number of carbonyl (C=O) groups is 1. The first kappa shape index (κ1) is 16.0. The van der Waals surface area contributed by atoms with Crippen molar-refractivity contribution in [1.29, 1.82) is 0 Å². The molecular weight excluding hydrogens is 266 g/mol. The lowest BCUT2D eigenvalue weighted by Crippen LogP contribution is -2.39. The highest BCUT2D eigenvalue weighted by molar-refractivity contribution is 5.91. The van der Waals surface area contributed by atoms with E-state index >= 15 is 0 Å². The van der Waals surface area contributed by atoms with Gasteiger partial charge in [0.25, 0.3) is 0 Å². The van der Waals surface area contributed by atoms with Gasteiger partial charge in [-0.05, 0) is 44.3 Å². The number of likely N-dealkylation sites (tertiary alicyclic amines) is 1. The molecule has 1 aliphatic rings. The maximum atomic E-state index is 11.5. The van der Waals surface area contributed by atoms with Crippen molar-refractivity contribution >= 4 is 5.91 Å². The van der Waals surface area contributed by atoms with Crippen molar-refractivity contribution in [3.05, 3.63) is 23.2 Å². The Kier molecular flexibility index (Phi) is 5.06. The van der Waals surface area contributed by atoms with Crippen LogP contribution in [0.2, 0.25) is 0 Å². The van der Waals surface area contributed by atoms with Crippen LogP contribution < -0.4 is 11.3 Å². The highest BCUT2D eigenvalue weighted by atomic mass is 16.4. The Morgan fingerprint density at radius 2 is 2.00 bits per heavy atom. The van der Waals surface area contributed by atoms with Gasteiger partial charge in [0.1, 0.15) is 5.76 Å². The monoisotopic (exact) mass is 293 g/mol. The second-order valence-corrected chi connectivity index (χ2v) is 6.15. The van der Waals surface area contributed by atoms with Gasteiger partial charge in [-0.2, -0.15) is 0 Å². The fraction of sp³-hybridized carbons (Fsp3) is 0.688. The number of carbonyl (C=O) groups excluding carboxylic acids is 1. The number of nitrogen functional groups attached to an aromatic ring is 1. The van der Waals surface area contributed by atoms with E-state index in [0.29, 0.717) is 11.2 Å². The molecule has 0 spiro atoms. The second-order valence-electron chi connectivity index (χ2n) is 6.15. The quantitative estimate of drug-likeness (QED) is 0.497. The van der Waals surface area contributed by atoms with Crippen LogP contribution in [0.5, 0.6) is 0 Å². The van der Waals surface area contributed by atoms with Crippen molar-refractivity contribution in [2.24, 2.45) is 11.3 Å². The van der Waals surface area contributed by atoms with E-state index < -0.39 is 0 Å². The Morgan fingerprint density at radius 3 is 2.52 bits per heavy atom. The lowest BCUT2D eigenvalue weighted by atomic mass is 9.74. The largest absolute Gasteiger partial charge is 0.456 e. The third-order valence-corrected chi connectivity index (χ3v) is 5.19. The third-order valence-electron chi connectivity index (χ3n) is 5.19. The molecule has 2 heterocycles. The highest BCUT2D eigenvalue weighted by Crippen LogP contribution is 2.38. The van der Waals surface area contributed by atoms with Crippen LogP contribution in [0.25, 0.3) is 0 Å². The molecule has 1 saturated heterocycles. The van der Waals surface area contributed by atoms with Gasteiger partial charge in [0.2, 0.25) is 0 Å². The predicted octanol–water partition coefficient (Wildman–Crippen LogP) is 2.59. The summed E-state index contributed by atoms with van der Waals surface area (Å²) in [6.07, 6.45) is 5.05. The Morgan fingerprint density at radius 1 is 1.38 bits per heavy atom. The van der Waals surface area contributed by atoms with E-state index in [0.717, 1.165) is 31.0 Å². The molecule has 0 radical (unpaired) electrons. The third kappa shape index (κ3) is 3.47. The van der Waals surface area contributed by atoms with Crippen molar-refractivity contribution in [2.75, 3.05) is 13.1 Å². The first-order valence-corrected chi connectivity index (χ1v) is 7.86. The molecule has 5 nitrogen and oxygen atoms in total. The molecule has 1 amide bonds. The van der Waals surface area contributed by atoms with E-state index in [9.17, 15) is 4.79 Å². The van der Waals surface area contributed by atoms with E-state index in [1.165, 1.54) is 25.7 Å². The number of nitrogens with zero attached hydrogens (tertiary/aromatic N) is 1. The number of rotatable bonds is 5. The van der Waals surface area contributed by atoms with E-state index in [4.69, 9.17) is 10.3 Å². The van der Waals surface area contributed by atoms with Crippen molar-refractivity contribution in [2.45, 2.75) is 53.0 Å². The molecule has 3 N–H and O–H groups in total. The lowest BCUT2D eigenvalue weighted by Gasteiger charge is -2.41. The summed E-state index contributed by atoms with van der Waals surface area (Å²) in [6.45, 7) is 9.58. The lowest BCUT2D eigenvalue weighted by molar-refractivity contribution is 0.0905. The standard InChI is InChI=1S/C16H27N3O2/c1-4-16(5-2)6-8-19(9-7-16)11-13-10-14(15(20)18-17)21-12(13)3/h10H,4-9,11,17H2,1-3H3,(H,18,20). The number of nitrogens with two attached hydrogens (primary N) is 1. The average Bonchev–Trinajstić information content (AvgIpc) is 2.88. The van der Waals surface area contributed by atoms with Crippen LogP contribution >= 0.6 is 0 Å². The molecule has 1 aromatic heterocycles. The van der Waals surface area contributed by atoms with Crippen molar-refractivity contribution < 1.29 is 9.21 Å². The highest BCUT2D eigenvalue weighted by Gasteiger charge is 2.31. The molecule has 0 atom stereocenters. The fourth-order valence-electron chi connectivity index (χ4n) is 3.24. The summed E-state index contributed by atoms with van der Waals surface area (Å²) in [5, 5.41) is 0. The van der Waals surface area contributed by atoms with Gasteiger partial charge < -0.3 is 4.42 Å². The van der Waals surface area contributed by atoms with E-state index in [2.05, 4.69) is 24.2 Å². The molecule has 0 aliphatic carbocycles. The molecule has 2 rings (SSSR count). The number of amides is 1. The topological polar surface area (TPSA) is 71.5 Å². The molecule has 0 unspecified atom stereocenters. The Balaban J connectivity index is 1.98. The summed E-state index contributed by atoms with van der Waals surface area (Å²) in [4.78, 5) is 13.9. The minimum atomic E-state index is -0.376. The molecule has 1 aliphatic heterocycles. The first-order valence-electron chi connectivity index (χ1n) is 7.86. The molecule has 1 fully saturated rings. The number of aryl methyl sites for hydroxylation is 1. The minimum Gasteiger partial charge on any atom is -0.456 e. The number of hydrazine groups is 1. The SMILES string of the molecule is CCC1(CC)CCN(Cc2cc(C(=O)NN)oc2C)CC1. The van der Waals surface area contributed by atoms with Crippen molar-refractivity contribution in [1.82, 2.24) is 10.3 Å². The van der Waals surface area contributed by atoms with Crippen LogP contribution in [0.4, 0.5) is 0 Å². The number of hydrogen-bond donors (Lipinski definition) is 2. The summed E-state index contributed by atoms with van der Waals surface area (Å²) >= 11 is 0. The van der Waals surface area contributed by atoms with Crippen molar-refractivity contribution in [3.8, 4) is 0 Å². The molecule has 0 saturated carbocycles. The zero-order chi connectivity index (χ0) is 15.5. The maximum Gasteiger partial charge on any atom is 0.300 e. The molecule has 21 heavy (non-hydrogen) atoms. The van der Waals surface area contributed by atoms with Gasteiger partial charge in [-0.25, -0.2) is 5.84 Å². The molecule has 118 valence electrons. The van der Waals surface area contributed by atoms with Crippen LogP contribution in [-0.2, 0) is 6.54 Å². The smallest absolute Gasteiger partial charge is 0.300 e. The minimum absolute atomic E-state index is 0.290. The van der Waals surface area contributed by atoms with Crippen LogP contribution in [-0.4, -0.2) is 23.9 Å². The zero-order valence-electron chi connectivity index (χ0n) is 13.4. The number of nitrogens with one attached hydrogen (secondary N) is 1. The molecule has 0 aromatic carbocycles. The Hall–Kier alpha value is -1.33. The van der Waals surface area contributed by atoms with Gasteiger partial charge in [-0.15, -0.1) is 0 Å². The van der Waals surface area contributed by atoms with Crippen LogP contribution in [0.1, 0.15) is 61.4 Å². The predicted molar refractivity (Wildman–Crippen MR) is 82.6 cm³/mol. The summed E-state index contributed by atoms with van der Waals surface area (Å²) in [5.74, 6) is 5.85. The Labute approximate surface area is 126 Å². The normalized spacial score (nSPS) is 18.7. The van der Waals surface area contributed by atoms with Crippen LogP contribution in [0.15, 0.2) is 10.5 Å². The molecule has 1 aromatic rings. The molecule has 0 bridgehead atoms. The van der Waals surface area contributed by atoms with Gasteiger partial charge in [-0.1, -0.05) is 26.7 Å². The van der Waals surface area contributed by atoms with Gasteiger partial charge in [-0.3, -0.25) is 15.1 Å². The van der Waals surface area contributed by atoms with Crippen molar-refractivity contribution in [3.63, 3.8) is 0 Å². The van der Waals surface area contributed by atoms with Gasteiger partial charge in [0.05, 0.1) is 0 Å². The summed E-state index contributed by atoms with van der Waals surface area (Å²) in [7, 11) is 0. The van der Waals surface area contributed by atoms with E-state index in [-0.39, 0.29) is 5.91 Å². The van der Waals surface area contributed by atoms with E-state index in [1.54, 1.807) is 6.07 Å². The summed E-state index contributed by atoms with van der Waals surface area (Å²) in [6, 6.07) is 1.80. The molecular formula is C16H27N3O2. The first-order chi connectivity index (χ1) is 10.0. The number of furan rings is 1. The zero-order valence-corrected chi connectivity index (χ0v) is 13.4. The summed E-state index contributed by atoms with van der Waals surface area (Å²) in [5.41, 5.74) is 3.72. The van der Waals surface area contributed by atoms with Crippen LogP contribution in [0.3, 0.4) is 0 Å². The van der Waals surface area contributed by atoms with Gasteiger partial charge in [0, 0.05) is 12.1 Å². The fourth-order valence-corrected chi connectivity index (χ4v) is 3.24. The average molecular weight is 293 g/mol. The second kappa shape index (κ2) is 6.62. The number of piperidine rings is 1. The molecule has 5 heteroatoms. The van der Waals surface area contributed by atoms with Gasteiger partial charge in [0.15, 0.2) is 5.76 Å². The van der Waals surface area contributed by atoms with Gasteiger partial charge >= 0.3 is 5.91 Å². The van der Waals surface area contributed by atoms with Crippen LogP contribution in [0, 0.1) is 12.3 Å².